The molecule has 0 saturated carbocycles. The molecular weight excluding hydrogens is 223 g/mol. The van der Waals surface area contributed by atoms with Crippen LogP contribution in [0.15, 0.2) is 30.3 Å². The van der Waals surface area contributed by atoms with Gasteiger partial charge in [0.15, 0.2) is 0 Å². The number of benzene rings is 1. The SMILES string of the molecule is CC(F)CCCCSC(=O)c1ccccc1. The van der Waals surface area contributed by atoms with Gasteiger partial charge in [-0.1, -0.05) is 42.1 Å². The molecule has 1 nitrogen and oxygen atoms in total. The van der Waals surface area contributed by atoms with Gasteiger partial charge in [-0.3, -0.25) is 4.79 Å². The van der Waals surface area contributed by atoms with E-state index in [0.29, 0.717) is 6.42 Å². The molecule has 1 aromatic rings. The minimum absolute atomic E-state index is 0.105. The van der Waals surface area contributed by atoms with E-state index in [4.69, 9.17) is 0 Å². The third-order valence-corrected chi connectivity index (χ3v) is 3.23. The Balaban J connectivity index is 2.16. The van der Waals surface area contributed by atoms with Gasteiger partial charge in [0.2, 0.25) is 5.12 Å². The van der Waals surface area contributed by atoms with Gasteiger partial charge in [-0.15, -0.1) is 0 Å². The van der Waals surface area contributed by atoms with E-state index < -0.39 is 6.17 Å². The summed E-state index contributed by atoms with van der Waals surface area (Å²) in [7, 11) is 0. The summed E-state index contributed by atoms with van der Waals surface area (Å²) in [4.78, 5) is 11.6. The molecule has 16 heavy (non-hydrogen) atoms. The second-order valence-electron chi connectivity index (χ2n) is 3.78. The number of hydrogen-bond donors (Lipinski definition) is 0. The molecule has 0 aliphatic rings. The molecule has 1 rings (SSSR count). The number of rotatable bonds is 6. The topological polar surface area (TPSA) is 17.1 Å². The van der Waals surface area contributed by atoms with Crippen LogP contribution in [0, 0.1) is 0 Å². The molecule has 0 spiro atoms. The Morgan fingerprint density at radius 2 is 2.00 bits per heavy atom. The van der Waals surface area contributed by atoms with E-state index in [1.54, 1.807) is 6.92 Å². The predicted octanol–water partition coefficient (Wildman–Crippen LogP) is 4.09. The standard InChI is InChI=1S/C13H17FOS/c1-11(14)7-5-6-10-16-13(15)12-8-3-2-4-9-12/h2-4,8-9,11H,5-7,10H2,1H3. The van der Waals surface area contributed by atoms with Gasteiger partial charge in [0.05, 0.1) is 6.17 Å². The van der Waals surface area contributed by atoms with Gasteiger partial charge in [0.25, 0.3) is 0 Å². The first kappa shape index (κ1) is 13.2. The zero-order valence-corrected chi connectivity index (χ0v) is 10.3. The molecule has 1 atom stereocenters. The second kappa shape index (κ2) is 7.44. The van der Waals surface area contributed by atoms with E-state index in [9.17, 15) is 9.18 Å². The Bertz CT molecular complexity index is 311. The zero-order chi connectivity index (χ0) is 11.8. The van der Waals surface area contributed by atoms with E-state index in [1.807, 2.05) is 30.3 Å². The van der Waals surface area contributed by atoms with Gasteiger partial charge in [-0.05, 0) is 26.2 Å². The van der Waals surface area contributed by atoms with E-state index >= 15 is 0 Å². The van der Waals surface area contributed by atoms with Crippen molar-refractivity contribution < 1.29 is 9.18 Å². The Morgan fingerprint density at radius 1 is 1.31 bits per heavy atom. The van der Waals surface area contributed by atoms with E-state index in [-0.39, 0.29) is 5.12 Å². The first-order chi connectivity index (χ1) is 7.70. The molecule has 0 aromatic heterocycles. The zero-order valence-electron chi connectivity index (χ0n) is 9.49. The molecule has 0 aliphatic heterocycles. The van der Waals surface area contributed by atoms with Gasteiger partial charge >= 0.3 is 0 Å². The van der Waals surface area contributed by atoms with Crippen molar-refractivity contribution in [1.29, 1.82) is 0 Å². The summed E-state index contributed by atoms with van der Waals surface area (Å²) in [6.45, 7) is 1.57. The van der Waals surface area contributed by atoms with Crippen molar-refractivity contribution in [1.82, 2.24) is 0 Å². The van der Waals surface area contributed by atoms with E-state index in [1.165, 1.54) is 11.8 Å². The van der Waals surface area contributed by atoms with Crippen LogP contribution >= 0.6 is 11.8 Å². The van der Waals surface area contributed by atoms with Crippen LogP contribution in [0.5, 0.6) is 0 Å². The van der Waals surface area contributed by atoms with Crippen LogP contribution < -0.4 is 0 Å². The predicted molar refractivity (Wildman–Crippen MR) is 67.7 cm³/mol. The number of thioether (sulfide) groups is 1. The van der Waals surface area contributed by atoms with Crippen LogP contribution in [0.4, 0.5) is 4.39 Å². The van der Waals surface area contributed by atoms with Crippen molar-refractivity contribution in [3.05, 3.63) is 35.9 Å². The minimum Gasteiger partial charge on any atom is -0.282 e. The first-order valence-corrected chi connectivity index (χ1v) is 6.55. The van der Waals surface area contributed by atoms with Crippen LogP contribution in [0.2, 0.25) is 0 Å². The number of hydrogen-bond acceptors (Lipinski definition) is 2. The van der Waals surface area contributed by atoms with E-state index in [2.05, 4.69) is 0 Å². The molecule has 3 heteroatoms. The number of alkyl halides is 1. The molecular formula is C13H17FOS. The van der Waals surface area contributed by atoms with Gasteiger partial charge in [-0.2, -0.15) is 0 Å². The molecule has 0 radical (unpaired) electrons. The lowest BCUT2D eigenvalue weighted by Gasteiger charge is -2.02. The smallest absolute Gasteiger partial charge is 0.219 e. The van der Waals surface area contributed by atoms with E-state index in [0.717, 1.165) is 24.2 Å². The molecule has 0 N–H and O–H groups in total. The monoisotopic (exact) mass is 240 g/mol. The molecule has 0 saturated heterocycles. The van der Waals surface area contributed by atoms with Gasteiger partial charge in [-0.25, -0.2) is 4.39 Å². The fourth-order valence-corrected chi connectivity index (χ4v) is 2.19. The number of unbranched alkanes of at least 4 members (excludes halogenated alkanes) is 1. The summed E-state index contributed by atoms with van der Waals surface area (Å²) in [5.41, 5.74) is 0.742. The van der Waals surface area contributed by atoms with Crippen LogP contribution in [-0.2, 0) is 0 Å². The maximum absolute atomic E-state index is 12.5. The molecule has 1 unspecified atom stereocenters. The van der Waals surface area contributed by atoms with Crippen molar-refractivity contribution in [2.45, 2.75) is 32.4 Å². The molecule has 0 amide bonds. The summed E-state index contributed by atoms with van der Waals surface area (Å²) >= 11 is 1.32. The average molecular weight is 240 g/mol. The van der Waals surface area contributed by atoms with Crippen LogP contribution in [-0.4, -0.2) is 17.0 Å². The first-order valence-electron chi connectivity index (χ1n) is 5.56. The fourth-order valence-electron chi connectivity index (χ4n) is 1.35. The Kier molecular flexibility index (Phi) is 6.16. The molecule has 0 heterocycles. The van der Waals surface area contributed by atoms with Crippen LogP contribution in [0.1, 0.15) is 36.5 Å². The third-order valence-electron chi connectivity index (χ3n) is 2.24. The van der Waals surface area contributed by atoms with Crippen LogP contribution in [0.3, 0.4) is 0 Å². The van der Waals surface area contributed by atoms with Crippen LogP contribution in [0.25, 0.3) is 0 Å². The third kappa shape index (κ3) is 5.31. The van der Waals surface area contributed by atoms with Crippen molar-refractivity contribution in [2.24, 2.45) is 0 Å². The highest BCUT2D eigenvalue weighted by Gasteiger charge is 2.05. The molecule has 0 bridgehead atoms. The Labute approximate surface area is 100 Å². The second-order valence-corrected chi connectivity index (χ2v) is 4.85. The lowest BCUT2D eigenvalue weighted by Crippen LogP contribution is -1.96. The number of carbonyl (C=O) groups is 1. The molecule has 1 aromatic carbocycles. The molecule has 88 valence electrons. The van der Waals surface area contributed by atoms with Gasteiger partial charge < -0.3 is 0 Å². The Hall–Kier alpha value is -0.830. The van der Waals surface area contributed by atoms with Gasteiger partial charge in [0.1, 0.15) is 0 Å². The van der Waals surface area contributed by atoms with Crippen molar-refractivity contribution in [3.8, 4) is 0 Å². The van der Waals surface area contributed by atoms with Crippen molar-refractivity contribution in [2.75, 3.05) is 5.75 Å². The molecule has 0 fully saturated rings. The fraction of sp³-hybridized carbons (Fsp3) is 0.462. The number of halogens is 1. The maximum atomic E-state index is 12.5. The summed E-state index contributed by atoms with van der Waals surface area (Å²) in [6, 6.07) is 9.25. The minimum atomic E-state index is -0.727. The summed E-state index contributed by atoms with van der Waals surface area (Å²) in [5.74, 6) is 0.778. The highest BCUT2D eigenvalue weighted by molar-refractivity contribution is 8.14. The summed E-state index contributed by atoms with van der Waals surface area (Å²) in [5, 5.41) is 0.105. The van der Waals surface area contributed by atoms with Crippen molar-refractivity contribution >= 4 is 16.9 Å². The molecule has 0 aliphatic carbocycles. The average Bonchev–Trinajstić information content (AvgIpc) is 2.29. The lowest BCUT2D eigenvalue weighted by atomic mass is 10.2. The van der Waals surface area contributed by atoms with Crippen molar-refractivity contribution in [3.63, 3.8) is 0 Å². The highest BCUT2D eigenvalue weighted by atomic mass is 32.2. The normalized spacial score (nSPS) is 12.4. The Morgan fingerprint density at radius 3 is 2.62 bits per heavy atom. The lowest BCUT2D eigenvalue weighted by molar-refractivity contribution is 0.108. The highest BCUT2D eigenvalue weighted by Crippen LogP contribution is 2.15. The number of carbonyl (C=O) groups excluding carboxylic acids is 1. The maximum Gasteiger partial charge on any atom is 0.219 e. The summed E-state index contributed by atoms with van der Waals surface area (Å²) < 4.78 is 12.5. The van der Waals surface area contributed by atoms with Gasteiger partial charge in [0, 0.05) is 11.3 Å². The largest absolute Gasteiger partial charge is 0.282 e. The quantitative estimate of drug-likeness (QED) is 0.697. The summed E-state index contributed by atoms with van der Waals surface area (Å²) in [6.07, 6.45) is 1.62.